The second-order valence-electron chi connectivity index (χ2n) is 6.90. The maximum atomic E-state index is 13.2. The van der Waals surface area contributed by atoms with E-state index < -0.39 is 21.9 Å². The lowest BCUT2D eigenvalue weighted by atomic mass is 9.95. The number of alkyl halides is 3. The summed E-state index contributed by atoms with van der Waals surface area (Å²) in [5.74, 6) is 0. The van der Waals surface area contributed by atoms with Crippen molar-refractivity contribution in [3.63, 3.8) is 0 Å². The molecule has 1 heterocycles. The SMILES string of the molecule is O=S(=O)(NCCn1nc(C(F)(F)F)c2c1CCCC2)C1CCCCC1. The summed E-state index contributed by atoms with van der Waals surface area (Å²) in [6, 6.07) is 0. The third-order valence-electron chi connectivity index (χ3n) is 5.14. The topological polar surface area (TPSA) is 64.0 Å². The summed E-state index contributed by atoms with van der Waals surface area (Å²) >= 11 is 0. The molecule has 2 aliphatic rings. The zero-order valence-electron chi connectivity index (χ0n) is 14.1. The third kappa shape index (κ3) is 4.19. The van der Waals surface area contributed by atoms with E-state index in [2.05, 4.69) is 9.82 Å². The van der Waals surface area contributed by atoms with Crippen molar-refractivity contribution in [2.45, 2.75) is 75.8 Å². The van der Waals surface area contributed by atoms with Gasteiger partial charge in [-0.3, -0.25) is 4.68 Å². The van der Waals surface area contributed by atoms with Crippen molar-refractivity contribution in [2.24, 2.45) is 0 Å². The van der Waals surface area contributed by atoms with E-state index >= 15 is 0 Å². The number of hydrogen-bond acceptors (Lipinski definition) is 3. The zero-order chi connectivity index (χ0) is 18.1. The number of rotatable bonds is 5. The fraction of sp³-hybridized carbons (Fsp3) is 0.812. The molecule has 0 spiro atoms. The van der Waals surface area contributed by atoms with Crippen LogP contribution in [0, 0.1) is 0 Å². The Morgan fingerprint density at radius 1 is 1.08 bits per heavy atom. The van der Waals surface area contributed by atoms with Crippen molar-refractivity contribution in [3.05, 3.63) is 17.0 Å². The Bertz CT molecular complexity index is 707. The van der Waals surface area contributed by atoms with Crippen LogP contribution < -0.4 is 4.72 Å². The van der Waals surface area contributed by atoms with E-state index in [1.165, 1.54) is 4.68 Å². The van der Waals surface area contributed by atoms with Crippen molar-refractivity contribution in [2.75, 3.05) is 6.54 Å². The molecule has 25 heavy (non-hydrogen) atoms. The number of nitrogens with zero attached hydrogens (tertiary/aromatic N) is 2. The maximum absolute atomic E-state index is 13.2. The molecule has 142 valence electrons. The lowest BCUT2D eigenvalue weighted by Gasteiger charge is -2.22. The second kappa shape index (κ2) is 7.26. The van der Waals surface area contributed by atoms with Crippen LogP contribution in [-0.4, -0.2) is 30.0 Å². The smallest absolute Gasteiger partial charge is 0.267 e. The van der Waals surface area contributed by atoms with Crippen LogP contribution in [0.5, 0.6) is 0 Å². The first-order valence-electron chi connectivity index (χ1n) is 8.93. The van der Waals surface area contributed by atoms with E-state index in [4.69, 9.17) is 0 Å². The van der Waals surface area contributed by atoms with Gasteiger partial charge in [-0.15, -0.1) is 0 Å². The lowest BCUT2D eigenvalue weighted by molar-refractivity contribution is -0.142. The summed E-state index contributed by atoms with van der Waals surface area (Å²) in [4.78, 5) is 0. The highest BCUT2D eigenvalue weighted by molar-refractivity contribution is 7.90. The van der Waals surface area contributed by atoms with Gasteiger partial charge in [0, 0.05) is 17.8 Å². The normalized spacial score (nSPS) is 19.8. The van der Waals surface area contributed by atoms with Gasteiger partial charge >= 0.3 is 6.18 Å². The Morgan fingerprint density at radius 2 is 1.76 bits per heavy atom. The van der Waals surface area contributed by atoms with E-state index in [0.717, 1.165) is 32.1 Å². The van der Waals surface area contributed by atoms with Crippen molar-refractivity contribution >= 4 is 10.0 Å². The van der Waals surface area contributed by atoms with E-state index in [9.17, 15) is 21.6 Å². The van der Waals surface area contributed by atoms with Crippen molar-refractivity contribution in [3.8, 4) is 0 Å². The number of fused-ring (bicyclic) bond motifs is 1. The predicted molar refractivity (Wildman–Crippen MR) is 87.7 cm³/mol. The standard InChI is InChI=1S/C16H24F3N3O2S/c17-16(18,19)15-13-8-4-5-9-14(13)22(21-15)11-10-20-25(23,24)12-6-2-1-3-7-12/h12,20H,1-11H2. The van der Waals surface area contributed by atoms with Crippen LogP contribution in [0.1, 0.15) is 61.9 Å². The summed E-state index contributed by atoms with van der Waals surface area (Å²) in [6.45, 7) is 0.203. The molecule has 1 N–H and O–H groups in total. The molecular formula is C16H24F3N3O2S. The van der Waals surface area contributed by atoms with Gasteiger partial charge in [0.2, 0.25) is 10.0 Å². The van der Waals surface area contributed by atoms with E-state index in [-0.39, 0.29) is 23.9 Å². The second-order valence-corrected chi connectivity index (χ2v) is 8.95. The number of aromatic nitrogens is 2. The van der Waals surface area contributed by atoms with Gasteiger partial charge in [0.1, 0.15) is 0 Å². The van der Waals surface area contributed by atoms with E-state index in [1.807, 2.05) is 0 Å². The number of halogens is 3. The molecule has 0 radical (unpaired) electrons. The molecule has 0 amide bonds. The molecule has 0 bridgehead atoms. The largest absolute Gasteiger partial charge is 0.435 e. The van der Waals surface area contributed by atoms with Gasteiger partial charge in [0.25, 0.3) is 0 Å². The van der Waals surface area contributed by atoms with Gasteiger partial charge in [-0.2, -0.15) is 18.3 Å². The summed E-state index contributed by atoms with van der Waals surface area (Å²) in [5, 5.41) is 3.38. The van der Waals surface area contributed by atoms with Crippen molar-refractivity contribution in [1.29, 1.82) is 0 Å². The molecule has 0 aromatic carbocycles. The van der Waals surface area contributed by atoms with Crippen LogP contribution in [0.4, 0.5) is 13.2 Å². The van der Waals surface area contributed by atoms with Gasteiger partial charge in [0.15, 0.2) is 5.69 Å². The third-order valence-corrected chi connectivity index (χ3v) is 7.10. The molecule has 1 aromatic heterocycles. The molecule has 0 aliphatic heterocycles. The van der Waals surface area contributed by atoms with Gasteiger partial charge in [-0.1, -0.05) is 19.3 Å². The number of sulfonamides is 1. The molecule has 0 unspecified atom stereocenters. The Kier molecular flexibility index (Phi) is 5.43. The predicted octanol–water partition coefficient (Wildman–Crippen LogP) is 3.03. The number of hydrogen-bond donors (Lipinski definition) is 1. The van der Waals surface area contributed by atoms with Crippen LogP contribution in [0.3, 0.4) is 0 Å². The summed E-state index contributed by atoms with van der Waals surface area (Å²) in [6.07, 6.45) is 2.25. The van der Waals surface area contributed by atoms with Crippen LogP contribution in [0.25, 0.3) is 0 Å². The molecule has 5 nitrogen and oxygen atoms in total. The fourth-order valence-electron chi connectivity index (χ4n) is 3.87. The van der Waals surface area contributed by atoms with Crippen LogP contribution >= 0.6 is 0 Å². The van der Waals surface area contributed by atoms with Gasteiger partial charge in [0.05, 0.1) is 11.8 Å². The Hall–Kier alpha value is -1.09. The highest BCUT2D eigenvalue weighted by Crippen LogP contribution is 2.35. The first-order valence-corrected chi connectivity index (χ1v) is 10.5. The minimum Gasteiger partial charge on any atom is -0.267 e. The van der Waals surface area contributed by atoms with Gasteiger partial charge in [-0.25, -0.2) is 13.1 Å². The summed E-state index contributed by atoms with van der Waals surface area (Å²) in [5.41, 5.74) is 0.0849. The van der Waals surface area contributed by atoms with Crippen LogP contribution in [-0.2, 0) is 35.6 Å². The number of nitrogens with one attached hydrogen (secondary N) is 1. The molecule has 1 fully saturated rings. The quantitative estimate of drug-likeness (QED) is 0.855. The minimum atomic E-state index is -4.46. The van der Waals surface area contributed by atoms with Gasteiger partial charge < -0.3 is 0 Å². The summed E-state index contributed by atoms with van der Waals surface area (Å²) in [7, 11) is -3.41. The van der Waals surface area contributed by atoms with Crippen molar-refractivity contribution < 1.29 is 21.6 Å². The first kappa shape index (κ1) is 18.7. The fourth-order valence-corrected chi connectivity index (χ4v) is 5.44. The van der Waals surface area contributed by atoms with Gasteiger partial charge in [-0.05, 0) is 38.5 Å². The molecule has 3 rings (SSSR count). The zero-order valence-corrected chi connectivity index (χ0v) is 14.9. The molecule has 1 aromatic rings. The molecular weight excluding hydrogens is 355 g/mol. The molecule has 2 aliphatic carbocycles. The average Bonchev–Trinajstić information content (AvgIpc) is 2.95. The first-order chi connectivity index (χ1) is 11.8. The molecule has 9 heteroatoms. The van der Waals surface area contributed by atoms with Crippen LogP contribution in [0.15, 0.2) is 0 Å². The molecule has 0 saturated heterocycles. The maximum Gasteiger partial charge on any atom is 0.435 e. The van der Waals surface area contributed by atoms with Crippen molar-refractivity contribution in [1.82, 2.24) is 14.5 Å². The summed E-state index contributed by atoms with van der Waals surface area (Å²) < 4.78 is 68.0. The Morgan fingerprint density at radius 3 is 2.44 bits per heavy atom. The Labute approximate surface area is 146 Å². The minimum absolute atomic E-state index is 0.0737. The molecule has 1 saturated carbocycles. The highest BCUT2D eigenvalue weighted by Gasteiger charge is 2.39. The average molecular weight is 379 g/mol. The van der Waals surface area contributed by atoms with Crippen LogP contribution in [0.2, 0.25) is 0 Å². The monoisotopic (exact) mass is 379 g/mol. The lowest BCUT2D eigenvalue weighted by Crippen LogP contribution is -2.37. The van der Waals surface area contributed by atoms with E-state index in [0.29, 0.717) is 31.4 Å². The highest BCUT2D eigenvalue weighted by atomic mass is 32.2. The molecule has 0 atom stereocenters. The Balaban J connectivity index is 1.68. The van der Waals surface area contributed by atoms with E-state index in [1.54, 1.807) is 0 Å².